The number of carbonyl (C=O) groups excluding carboxylic acids is 2. The lowest BCUT2D eigenvalue weighted by Gasteiger charge is -2.39. The molecule has 1 N–H and O–H groups in total. The van der Waals surface area contributed by atoms with Gasteiger partial charge in [-0.25, -0.2) is 4.79 Å². The van der Waals surface area contributed by atoms with Crippen LogP contribution in [0.15, 0.2) is 72.8 Å². The molecule has 7 nitrogen and oxygen atoms in total. The van der Waals surface area contributed by atoms with E-state index in [1.807, 2.05) is 79.7 Å². The van der Waals surface area contributed by atoms with Crippen LogP contribution < -0.4 is 4.74 Å². The van der Waals surface area contributed by atoms with Gasteiger partial charge in [0.2, 0.25) is 0 Å². The van der Waals surface area contributed by atoms with Crippen LogP contribution in [0.25, 0.3) is 0 Å². The third-order valence-electron chi connectivity index (χ3n) is 7.95. The highest BCUT2D eigenvalue weighted by Gasteiger charge is 2.41. The summed E-state index contributed by atoms with van der Waals surface area (Å²) in [5.41, 5.74) is 4.63. The molecular weight excluding hydrogens is 506 g/mol. The molecule has 40 heavy (non-hydrogen) atoms. The maximum Gasteiger partial charge on any atom is 0.328 e. The molecule has 7 heteroatoms. The van der Waals surface area contributed by atoms with Crippen LogP contribution in [0, 0.1) is 6.92 Å². The van der Waals surface area contributed by atoms with Gasteiger partial charge >= 0.3 is 5.97 Å². The molecule has 1 aliphatic heterocycles. The van der Waals surface area contributed by atoms with Gasteiger partial charge in [0.15, 0.2) is 6.10 Å². The number of amides is 1. The Hall–Kier alpha value is -3.68. The SMILES string of the molecule is COC(=O)[C@@H]1Cc2c(ccc(C)c2OCc2ccccc2)CN1C(=O)C(O[C@H]1CC[C@@H](O)CC1)c1ccccc1. The molecule has 0 spiro atoms. The van der Waals surface area contributed by atoms with E-state index in [1.54, 1.807) is 4.90 Å². The van der Waals surface area contributed by atoms with Crippen LogP contribution >= 0.6 is 0 Å². The number of rotatable bonds is 8. The van der Waals surface area contributed by atoms with Gasteiger partial charge in [0.25, 0.3) is 5.91 Å². The summed E-state index contributed by atoms with van der Waals surface area (Å²) in [7, 11) is 1.35. The van der Waals surface area contributed by atoms with Crippen molar-refractivity contribution in [3.05, 3.63) is 101 Å². The molecule has 2 aliphatic rings. The van der Waals surface area contributed by atoms with Gasteiger partial charge in [-0.15, -0.1) is 0 Å². The van der Waals surface area contributed by atoms with Crippen molar-refractivity contribution >= 4 is 11.9 Å². The zero-order chi connectivity index (χ0) is 28.1. The van der Waals surface area contributed by atoms with E-state index in [9.17, 15) is 14.7 Å². The summed E-state index contributed by atoms with van der Waals surface area (Å²) < 4.78 is 17.9. The van der Waals surface area contributed by atoms with Gasteiger partial charge in [-0.2, -0.15) is 0 Å². The quantitative estimate of drug-likeness (QED) is 0.400. The van der Waals surface area contributed by atoms with Crippen molar-refractivity contribution in [1.82, 2.24) is 4.90 Å². The van der Waals surface area contributed by atoms with Gasteiger partial charge in [-0.3, -0.25) is 4.79 Å². The van der Waals surface area contributed by atoms with E-state index in [0.29, 0.717) is 32.3 Å². The van der Waals surface area contributed by atoms with E-state index in [1.165, 1.54) is 7.11 Å². The highest BCUT2D eigenvalue weighted by atomic mass is 16.5. The Kier molecular flexibility index (Phi) is 8.82. The van der Waals surface area contributed by atoms with E-state index in [-0.39, 0.29) is 31.1 Å². The van der Waals surface area contributed by atoms with Gasteiger partial charge in [0.05, 0.1) is 19.3 Å². The summed E-state index contributed by atoms with van der Waals surface area (Å²) in [5.74, 6) is 0.00629. The number of carbonyl (C=O) groups is 2. The maximum atomic E-state index is 14.3. The molecule has 210 valence electrons. The second-order valence-corrected chi connectivity index (χ2v) is 10.7. The number of aliphatic hydroxyl groups excluding tert-OH is 1. The van der Waals surface area contributed by atoms with Crippen LogP contribution in [0.1, 0.15) is 59.6 Å². The predicted molar refractivity (Wildman–Crippen MR) is 151 cm³/mol. The number of esters is 1. The Labute approximate surface area is 235 Å². The van der Waals surface area contributed by atoms with Gasteiger partial charge in [-0.05, 0) is 54.9 Å². The summed E-state index contributed by atoms with van der Waals surface area (Å²) in [6.45, 7) is 2.64. The molecule has 3 aromatic rings. The van der Waals surface area contributed by atoms with Crippen LogP contribution in [0.4, 0.5) is 0 Å². The minimum absolute atomic E-state index is 0.146. The van der Waals surface area contributed by atoms with Crippen LogP contribution in [0.5, 0.6) is 5.75 Å². The summed E-state index contributed by atoms with van der Waals surface area (Å²) in [4.78, 5) is 29.0. The average molecular weight is 544 g/mol. The number of methoxy groups -OCH3 is 1. The van der Waals surface area contributed by atoms with Gasteiger partial charge in [0.1, 0.15) is 18.4 Å². The van der Waals surface area contributed by atoms with Crippen LogP contribution in [0.2, 0.25) is 0 Å². The van der Waals surface area contributed by atoms with Gasteiger partial charge in [-0.1, -0.05) is 72.8 Å². The van der Waals surface area contributed by atoms with E-state index in [0.717, 1.165) is 33.6 Å². The number of nitrogens with zero attached hydrogens (tertiary/aromatic N) is 1. The van der Waals surface area contributed by atoms with Crippen molar-refractivity contribution in [1.29, 1.82) is 0 Å². The van der Waals surface area contributed by atoms with E-state index in [4.69, 9.17) is 14.2 Å². The number of aliphatic hydroxyl groups is 1. The largest absolute Gasteiger partial charge is 0.488 e. The summed E-state index contributed by atoms with van der Waals surface area (Å²) in [6.07, 6.45) is 1.61. The summed E-state index contributed by atoms with van der Waals surface area (Å²) in [6, 6.07) is 22.6. The summed E-state index contributed by atoms with van der Waals surface area (Å²) >= 11 is 0. The molecule has 1 saturated carbocycles. The van der Waals surface area contributed by atoms with Crippen LogP contribution in [-0.2, 0) is 38.6 Å². The van der Waals surface area contributed by atoms with Crippen molar-refractivity contribution in [3.8, 4) is 5.75 Å². The molecule has 1 aliphatic carbocycles. The van der Waals surface area contributed by atoms with Gasteiger partial charge < -0.3 is 24.2 Å². The van der Waals surface area contributed by atoms with E-state index < -0.39 is 18.1 Å². The standard InChI is InChI=1S/C33H37NO6/c1-22-13-14-25-20-34(29(33(37)38-2)19-28(25)30(22)39-21-23-9-5-3-6-10-23)32(36)31(24-11-7-4-8-12-24)40-27-17-15-26(35)16-18-27/h3-14,26-27,29,31,35H,15-21H2,1-2H3/t26-,27+,29-,31?/m0/s1. The normalized spacial score (nSPS) is 21.3. The Bertz CT molecular complexity index is 1300. The molecule has 0 saturated heterocycles. The minimum atomic E-state index is -0.866. The average Bonchev–Trinajstić information content (AvgIpc) is 3.00. The van der Waals surface area contributed by atoms with Crippen molar-refractivity contribution in [3.63, 3.8) is 0 Å². The number of fused-ring (bicyclic) bond motifs is 1. The minimum Gasteiger partial charge on any atom is -0.488 e. The lowest BCUT2D eigenvalue weighted by molar-refractivity contribution is -0.163. The molecule has 1 amide bonds. The maximum absolute atomic E-state index is 14.3. The summed E-state index contributed by atoms with van der Waals surface area (Å²) in [5, 5.41) is 9.96. The third kappa shape index (κ3) is 6.21. The van der Waals surface area contributed by atoms with E-state index in [2.05, 4.69) is 0 Å². The van der Waals surface area contributed by atoms with Gasteiger partial charge in [0, 0.05) is 18.5 Å². The topological polar surface area (TPSA) is 85.3 Å². The Morgan fingerprint density at radius 2 is 1.62 bits per heavy atom. The molecule has 1 heterocycles. The predicted octanol–water partition coefficient (Wildman–Crippen LogP) is 5.06. The first kappa shape index (κ1) is 27.9. The second kappa shape index (κ2) is 12.7. The first-order valence-electron chi connectivity index (χ1n) is 14.0. The Morgan fingerprint density at radius 1 is 0.950 bits per heavy atom. The first-order chi connectivity index (χ1) is 19.4. The van der Waals surface area contributed by atoms with E-state index >= 15 is 0 Å². The van der Waals surface area contributed by atoms with Crippen LogP contribution in [-0.4, -0.2) is 47.2 Å². The zero-order valence-electron chi connectivity index (χ0n) is 23.1. The molecule has 0 radical (unpaired) electrons. The molecule has 0 bridgehead atoms. The first-order valence-corrected chi connectivity index (χ1v) is 14.0. The molecule has 0 aromatic heterocycles. The number of hydrogen-bond donors (Lipinski definition) is 1. The number of ether oxygens (including phenoxy) is 3. The molecule has 2 atom stereocenters. The molecule has 3 aromatic carbocycles. The molecule has 5 rings (SSSR count). The number of hydrogen-bond acceptors (Lipinski definition) is 6. The Morgan fingerprint density at radius 3 is 2.30 bits per heavy atom. The fraction of sp³-hybridized carbons (Fsp3) is 0.394. The van der Waals surface area contributed by atoms with Crippen molar-refractivity contribution < 1.29 is 28.9 Å². The lowest BCUT2D eigenvalue weighted by atomic mass is 9.90. The van der Waals surface area contributed by atoms with Crippen LogP contribution in [0.3, 0.4) is 0 Å². The smallest absolute Gasteiger partial charge is 0.328 e. The molecule has 1 fully saturated rings. The second-order valence-electron chi connectivity index (χ2n) is 10.7. The fourth-order valence-corrected chi connectivity index (χ4v) is 5.70. The van der Waals surface area contributed by atoms with Crippen molar-refractivity contribution in [2.24, 2.45) is 0 Å². The van der Waals surface area contributed by atoms with Crippen molar-refractivity contribution in [2.75, 3.05) is 7.11 Å². The lowest BCUT2D eigenvalue weighted by Crippen LogP contribution is -2.51. The highest BCUT2D eigenvalue weighted by Crippen LogP contribution is 2.37. The zero-order valence-corrected chi connectivity index (χ0v) is 23.1. The Balaban J connectivity index is 1.45. The third-order valence-corrected chi connectivity index (χ3v) is 7.95. The monoisotopic (exact) mass is 543 g/mol. The highest BCUT2D eigenvalue weighted by molar-refractivity contribution is 5.88. The molecular formula is C33H37NO6. The number of benzene rings is 3. The van der Waals surface area contributed by atoms with Crippen molar-refractivity contribution in [2.45, 2.75) is 76.5 Å². The molecule has 1 unspecified atom stereocenters. The number of aryl methyl sites for hydroxylation is 1. The fourth-order valence-electron chi connectivity index (χ4n) is 5.70.